The van der Waals surface area contributed by atoms with Crippen molar-refractivity contribution >= 4 is 11.4 Å². The van der Waals surface area contributed by atoms with E-state index in [9.17, 15) is 4.39 Å². The first-order valence-corrected chi connectivity index (χ1v) is 5.51. The summed E-state index contributed by atoms with van der Waals surface area (Å²) in [6, 6.07) is 4.85. The van der Waals surface area contributed by atoms with E-state index in [1.54, 1.807) is 6.07 Å². The molecule has 0 radical (unpaired) electrons. The zero-order chi connectivity index (χ0) is 12.5. The van der Waals surface area contributed by atoms with Crippen LogP contribution < -0.4 is 10.6 Å². The van der Waals surface area contributed by atoms with Gasteiger partial charge in [-0.3, -0.25) is 0 Å². The van der Waals surface area contributed by atoms with Crippen molar-refractivity contribution in [2.24, 2.45) is 5.41 Å². The number of nitrogens with two attached hydrogens (primary N) is 1. The number of nitrogens with zero attached hydrogens (tertiary/aromatic N) is 1. The maximum absolute atomic E-state index is 12.9. The van der Waals surface area contributed by atoms with E-state index in [0.29, 0.717) is 11.7 Å². The summed E-state index contributed by atoms with van der Waals surface area (Å²) in [5, 5.41) is 0. The third kappa shape index (κ3) is 2.65. The Kier molecular flexibility index (Phi) is 3.46. The first kappa shape index (κ1) is 12.8. The van der Waals surface area contributed by atoms with Crippen LogP contribution in [0.1, 0.15) is 27.7 Å². The number of hydrogen-bond donors (Lipinski definition) is 1. The number of hydrogen-bond acceptors (Lipinski definition) is 2. The smallest absolute Gasteiger partial charge is 0.125 e. The van der Waals surface area contributed by atoms with E-state index in [2.05, 4.69) is 32.6 Å². The van der Waals surface area contributed by atoms with Gasteiger partial charge in [-0.25, -0.2) is 4.39 Å². The highest BCUT2D eigenvalue weighted by molar-refractivity contribution is 5.67. The van der Waals surface area contributed by atoms with Crippen molar-refractivity contribution in [1.29, 1.82) is 0 Å². The summed E-state index contributed by atoms with van der Waals surface area (Å²) in [5.41, 5.74) is 7.33. The molecule has 90 valence electrons. The average molecular weight is 224 g/mol. The maximum Gasteiger partial charge on any atom is 0.125 e. The lowest BCUT2D eigenvalue weighted by Crippen LogP contribution is -2.39. The molecule has 0 amide bonds. The van der Waals surface area contributed by atoms with Crippen LogP contribution in [0.25, 0.3) is 0 Å². The second kappa shape index (κ2) is 4.32. The van der Waals surface area contributed by atoms with Crippen LogP contribution in [0.4, 0.5) is 15.8 Å². The second-order valence-electron chi connectivity index (χ2n) is 5.36. The van der Waals surface area contributed by atoms with Crippen molar-refractivity contribution in [2.75, 3.05) is 17.7 Å². The third-order valence-electron chi connectivity index (χ3n) is 3.20. The van der Waals surface area contributed by atoms with Gasteiger partial charge in [0.05, 0.1) is 11.4 Å². The summed E-state index contributed by atoms with van der Waals surface area (Å²) in [6.45, 7) is 8.67. The summed E-state index contributed by atoms with van der Waals surface area (Å²) >= 11 is 0. The molecule has 1 atom stereocenters. The van der Waals surface area contributed by atoms with Gasteiger partial charge in [0.2, 0.25) is 0 Å². The topological polar surface area (TPSA) is 29.3 Å². The zero-order valence-electron chi connectivity index (χ0n) is 10.7. The fraction of sp³-hybridized carbons (Fsp3) is 0.538. The van der Waals surface area contributed by atoms with Crippen molar-refractivity contribution in [2.45, 2.75) is 33.7 Å². The van der Waals surface area contributed by atoms with Gasteiger partial charge in [-0.2, -0.15) is 0 Å². The molecule has 0 spiro atoms. The highest BCUT2D eigenvalue weighted by Gasteiger charge is 2.25. The van der Waals surface area contributed by atoms with Gasteiger partial charge in [-0.15, -0.1) is 0 Å². The molecule has 1 aromatic rings. The molecule has 0 aromatic heterocycles. The number of anilines is 2. The maximum atomic E-state index is 12.9. The van der Waals surface area contributed by atoms with E-state index >= 15 is 0 Å². The lowest BCUT2D eigenvalue weighted by Gasteiger charge is -2.37. The van der Waals surface area contributed by atoms with Crippen molar-refractivity contribution in [3.05, 3.63) is 24.0 Å². The highest BCUT2D eigenvalue weighted by atomic mass is 19.1. The summed E-state index contributed by atoms with van der Waals surface area (Å²) in [4.78, 5) is 2.09. The predicted octanol–water partition coefficient (Wildman–Crippen LogP) is 3.28. The molecular weight excluding hydrogens is 203 g/mol. The molecule has 0 saturated carbocycles. The largest absolute Gasteiger partial charge is 0.397 e. The van der Waals surface area contributed by atoms with Gasteiger partial charge in [0.25, 0.3) is 0 Å². The van der Waals surface area contributed by atoms with Crippen molar-refractivity contribution in [3.8, 4) is 0 Å². The lowest BCUT2D eigenvalue weighted by atomic mass is 9.87. The molecule has 0 bridgehead atoms. The molecule has 1 rings (SSSR count). The molecule has 1 aromatic carbocycles. The van der Waals surface area contributed by atoms with Crippen LogP contribution in [0.5, 0.6) is 0 Å². The van der Waals surface area contributed by atoms with Crippen LogP contribution in [-0.2, 0) is 0 Å². The summed E-state index contributed by atoms with van der Waals surface area (Å²) in [6.07, 6.45) is 0. The van der Waals surface area contributed by atoms with Gasteiger partial charge >= 0.3 is 0 Å². The fourth-order valence-electron chi connectivity index (χ4n) is 1.64. The number of benzene rings is 1. The normalized spacial score (nSPS) is 13.6. The van der Waals surface area contributed by atoms with Crippen LogP contribution in [0.2, 0.25) is 0 Å². The minimum atomic E-state index is -0.293. The van der Waals surface area contributed by atoms with Gasteiger partial charge in [0.15, 0.2) is 0 Å². The number of halogens is 1. The zero-order valence-corrected chi connectivity index (χ0v) is 10.7. The Hall–Kier alpha value is -1.25. The van der Waals surface area contributed by atoms with Crippen molar-refractivity contribution in [3.63, 3.8) is 0 Å². The highest BCUT2D eigenvalue weighted by Crippen LogP contribution is 2.30. The quantitative estimate of drug-likeness (QED) is 0.781. The monoisotopic (exact) mass is 224 g/mol. The van der Waals surface area contributed by atoms with Gasteiger partial charge in [0.1, 0.15) is 5.82 Å². The van der Waals surface area contributed by atoms with Crippen LogP contribution in [-0.4, -0.2) is 13.1 Å². The predicted molar refractivity (Wildman–Crippen MR) is 68.1 cm³/mol. The molecule has 0 aliphatic carbocycles. The molecule has 0 fully saturated rings. The lowest BCUT2D eigenvalue weighted by molar-refractivity contribution is 0.330. The minimum Gasteiger partial charge on any atom is -0.397 e. The second-order valence-corrected chi connectivity index (χ2v) is 5.36. The van der Waals surface area contributed by atoms with Gasteiger partial charge in [-0.05, 0) is 30.5 Å². The van der Waals surface area contributed by atoms with E-state index < -0.39 is 0 Å². The van der Waals surface area contributed by atoms with Crippen molar-refractivity contribution < 1.29 is 4.39 Å². The van der Waals surface area contributed by atoms with Crippen LogP contribution >= 0.6 is 0 Å². The molecule has 2 N–H and O–H groups in total. The third-order valence-corrected chi connectivity index (χ3v) is 3.20. The standard InChI is InChI=1S/C13H21FN2/c1-9(13(2,3)4)16(5)12-7-6-10(14)8-11(12)15/h6-9H,15H2,1-5H3. The first-order valence-electron chi connectivity index (χ1n) is 5.51. The van der Waals surface area contributed by atoms with Gasteiger partial charge < -0.3 is 10.6 Å². The minimum absolute atomic E-state index is 0.148. The molecule has 0 heterocycles. The Bertz CT molecular complexity index is 369. The number of nitrogen functional groups attached to an aromatic ring is 1. The van der Waals surface area contributed by atoms with Crippen LogP contribution in [0.15, 0.2) is 18.2 Å². The van der Waals surface area contributed by atoms with E-state index in [4.69, 9.17) is 5.73 Å². The Morgan fingerprint density at radius 3 is 2.31 bits per heavy atom. The molecule has 0 aliphatic rings. The average Bonchev–Trinajstić information content (AvgIpc) is 2.14. The Balaban J connectivity index is 3.01. The molecule has 2 nitrogen and oxygen atoms in total. The Labute approximate surface area is 97.3 Å². The molecule has 3 heteroatoms. The Morgan fingerprint density at radius 1 is 1.31 bits per heavy atom. The molecule has 1 unspecified atom stereocenters. The molecule has 16 heavy (non-hydrogen) atoms. The SMILES string of the molecule is CC(N(C)c1ccc(F)cc1N)C(C)(C)C. The van der Waals surface area contributed by atoms with Crippen molar-refractivity contribution in [1.82, 2.24) is 0 Å². The number of rotatable bonds is 2. The van der Waals surface area contributed by atoms with Crippen LogP contribution in [0, 0.1) is 11.2 Å². The Morgan fingerprint density at radius 2 is 1.88 bits per heavy atom. The molecular formula is C13H21FN2. The first-order chi connectivity index (χ1) is 7.23. The van der Waals surface area contributed by atoms with E-state index in [-0.39, 0.29) is 11.2 Å². The van der Waals surface area contributed by atoms with E-state index in [0.717, 1.165) is 5.69 Å². The summed E-state index contributed by atoms with van der Waals surface area (Å²) in [5.74, 6) is -0.293. The van der Waals surface area contributed by atoms with E-state index in [1.807, 2.05) is 7.05 Å². The summed E-state index contributed by atoms with van der Waals surface area (Å²) < 4.78 is 12.9. The van der Waals surface area contributed by atoms with Gasteiger partial charge in [-0.1, -0.05) is 20.8 Å². The molecule has 0 aliphatic heterocycles. The van der Waals surface area contributed by atoms with E-state index in [1.165, 1.54) is 12.1 Å². The van der Waals surface area contributed by atoms with Crippen LogP contribution in [0.3, 0.4) is 0 Å². The molecule has 0 saturated heterocycles. The summed E-state index contributed by atoms with van der Waals surface area (Å²) in [7, 11) is 1.99. The fourth-order valence-corrected chi connectivity index (χ4v) is 1.64. The van der Waals surface area contributed by atoms with Gasteiger partial charge in [0, 0.05) is 13.1 Å².